The first kappa shape index (κ1) is 24.4. The van der Waals surface area contributed by atoms with Gasteiger partial charge >= 0.3 is 0 Å². The fourth-order valence-corrected chi connectivity index (χ4v) is 6.17. The van der Waals surface area contributed by atoms with Gasteiger partial charge in [0.15, 0.2) is 0 Å². The number of hydrazone groups is 1. The van der Waals surface area contributed by atoms with Crippen LogP contribution in [0.25, 0.3) is 11.1 Å². The zero-order valence-corrected chi connectivity index (χ0v) is 21.9. The van der Waals surface area contributed by atoms with E-state index in [9.17, 15) is 9.90 Å². The number of carbonyl (C=O) groups is 1. The van der Waals surface area contributed by atoms with E-state index in [4.69, 9.17) is 0 Å². The van der Waals surface area contributed by atoms with Crippen molar-refractivity contribution in [1.29, 1.82) is 0 Å². The second-order valence-electron chi connectivity index (χ2n) is 11.4. The van der Waals surface area contributed by atoms with Crippen molar-refractivity contribution < 1.29 is 9.90 Å². The summed E-state index contributed by atoms with van der Waals surface area (Å²) in [6.07, 6.45) is 8.03. The first-order valence-corrected chi connectivity index (χ1v) is 14.0. The number of likely N-dealkylation sites (tertiary alicyclic amines) is 1. The summed E-state index contributed by atoms with van der Waals surface area (Å²) in [6.45, 7) is 3.50. The highest BCUT2D eigenvalue weighted by Gasteiger charge is 2.41. The summed E-state index contributed by atoms with van der Waals surface area (Å²) < 4.78 is 0. The molecule has 3 aliphatic heterocycles. The molecule has 7 nitrogen and oxygen atoms in total. The number of nitrogens with zero attached hydrogens (tertiary/aromatic N) is 4. The van der Waals surface area contributed by atoms with Crippen molar-refractivity contribution >= 4 is 23.5 Å². The Labute approximate surface area is 220 Å². The molecule has 196 valence electrons. The van der Waals surface area contributed by atoms with Crippen LogP contribution in [0.5, 0.6) is 0 Å². The SMILES string of the molecule is CN[C@@H]1CCN(c2ccc(-c3ccc(N4N=CCC4CC4(O)CCN(C(=O)C5CC5)CC4)cc3)cc2)C1. The molecule has 0 aromatic heterocycles. The van der Waals surface area contributed by atoms with Crippen molar-refractivity contribution in [3.63, 3.8) is 0 Å². The molecule has 0 spiro atoms. The van der Waals surface area contributed by atoms with Crippen LogP contribution in [0, 0.1) is 5.92 Å². The molecule has 2 N–H and O–H groups in total. The normalized spacial score (nSPS) is 25.2. The quantitative estimate of drug-likeness (QED) is 0.603. The lowest BCUT2D eigenvalue weighted by molar-refractivity contribution is -0.137. The summed E-state index contributed by atoms with van der Waals surface area (Å²) in [7, 11) is 2.04. The molecule has 3 heterocycles. The van der Waals surface area contributed by atoms with Gasteiger partial charge in [0.1, 0.15) is 0 Å². The van der Waals surface area contributed by atoms with Crippen molar-refractivity contribution in [1.82, 2.24) is 10.2 Å². The van der Waals surface area contributed by atoms with Crippen LogP contribution < -0.4 is 15.2 Å². The first-order chi connectivity index (χ1) is 18.0. The number of amides is 1. The molecule has 37 heavy (non-hydrogen) atoms. The molecular formula is C30H39N5O2. The Morgan fingerprint density at radius 3 is 2.22 bits per heavy atom. The molecule has 2 atom stereocenters. The molecule has 1 aliphatic carbocycles. The second-order valence-corrected chi connectivity index (χ2v) is 11.4. The third-order valence-corrected chi connectivity index (χ3v) is 8.77. The minimum absolute atomic E-state index is 0.141. The van der Waals surface area contributed by atoms with Gasteiger partial charge in [-0.25, -0.2) is 0 Å². The number of nitrogens with one attached hydrogen (secondary N) is 1. The molecule has 3 fully saturated rings. The summed E-state index contributed by atoms with van der Waals surface area (Å²) in [6, 6.07) is 18.2. The third-order valence-electron chi connectivity index (χ3n) is 8.77. The van der Waals surface area contributed by atoms with E-state index in [2.05, 4.69) is 68.9 Å². The minimum atomic E-state index is -0.735. The van der Waals surface area contributed by atoms with Gasteiger partial charge in [0.2, 0.25) is 5.91 Å². The number of hydrogen-bond acceptors (Lipinski definition) is 6. The molecule has 2 aromatic rings. The number of anilines is 2. The van der Waals surface area contributed by atoms with E-state index < -0.39 is 5.60 Å². The van der Waals surface area contributed by atoms with Crippen molar-refractivity contribution in [2.75, 3.05) is 43.1 Å². The average molecular weight is 502 g/mol. The number of likely N-dealkylation sites (N-methyl/N-ethyl adjacent to an activating group) is 1. The van der Waals surface area contributed by atoms with Gasteiger partial charge in [-0.3, -0.25) is 9.80 Å². The smallest absolute Gasteiger partial charge is 0.225 e. The molecule has 6 rings (SSSR count). The van der Waals surface area contributed by atoms with Crippen LogP contribution >= 0.6 is 0 Å². The van der Waals surface area contributed by atoms with Gasteiger partial charge in [-0.05, 0) is 81.0 Å². The predicted octanol–water partition coefficient (Wildman–Crippen LogP) is 3.87. The Morgan fingerprint density at radius 2 is 1.62 bits per heavy atom. The summed E-state index contributed by atoms with van der Waals surface area (Å²) in [5, 5.41) is 21.4. The Bertz CT molecular complexity index is 1120. The Morgan fingerprint density at radius 1 is 0.973 bits per heavy atom. The summed E-state index contributed by atoms with van der Waals surface area (Å²) >= 11 is 0. The Balaban J connectivity index is 1.07. The lowest BCUT2D eigenvalue weighted by atomic mass is 9.84. The molecule has 2 saturated heterocycles. The van der Waals surface area contributed by atoms with E-state index in [-0.39, 0.29) is 12.0 Å². The molecule has 7 heteroatoms. The van der Waals surface area contributed by atoms with Crippen molar-refractivity contribution in [2.45, 2.75) is 62.6 Å². The Hall–Kier alpha value is -2.90. The molecule has 2 aromatic carbocycles. The molecular weight excluding hydrogens is 462 g/mol. The highest BCUT2D eigenvalue weighted by atomic mass is 16.3. The van der Waals surface area contributed by atoms with E-state index in [0.29, 0.717) is 44.3 Å². The topological polar surface area (TPSA) is 71.4 Å². The van der Waals surface area contributed by atoms with Gasteiger partial charge in [-0.15, -0.1) is 0 Å². The predicted molar refractivity (Wildman–Crippen MR) is 149 cm³/mol. The van der Waals surface area contributed by atoms with E-state index in [1.54, 1.807) is 0 Å². The fourth-order valence-electron chi connectivity index (χ4n) is 6.17. The minimum Gasteiger partial charge on any atom is -0.390 e. The largest absolute Gasteiger partial charge is 0.390 e. The molecule has 1 saturated carbocycles. The van der Waals surface area contributed by atoms with Crippen LogP contribution in [0.1, 0.15) is 44.9 Å². The van der Waals surface area contributed by atoms with Crippen LogP contribution in [0.4, 0.5) is 11.4 Å². The van der Waals surface area contributed by atoms with E-state index in [0.717, 1.165) is 38.0 Å². The number of hydrogen-bond donors (Lipinski definition) is 2. The lowest BCUT2D eigenvalue weighted by Crippen LogP contribution is -2.49. The van der Waals surface area contributed by atoms with Crippen molar-refractivity contribution in [3.05, 3.63) is 48.5 Å². The average Bonchev–Trinajstić information content (AvgIpc) is 3.50. The van der Waals surface area contributed by atoms with Crippen LogP contribution in [0.15, 0.2) is 53.6 Å². The van der Waals surface area contributed by atoms with Crippen LogP contribution in [-0.2, 0) is 4.79 Å². The zero-order valence-electron chi connectivity index (χ0n) is 21.9. The fraction of sp³-hybridized carbons (Fsp3) is 0.533. The van der Waals surface area contributed by atoms with Crippen molar-refractivity contribution in [3.8, 4) is 11.1 Å². The van der Waals surface area contributed by atoms with E-state index in [1.807, 2.05) is 18.2 Å². The number of benzene rings is 2. The lowest BCUT2D eigenvalue weighted by Gasteiger charge is -2.40. The highest BCUT2D eigenvalue weighted by Crippen LogP contribution is 2.37. The van der Waals surface area contributed by atoms with Gasteiger partial charge in [-0.2, -0.15) is 5.10 Å². The number of aliphatic hydroxyl groups is 1. The second kappa shape index (κ2) is 10.1. The first-order valence-electron chi connectivity index (χ1n) is 14.0. The van der Waals surface area contributed by atoms with Gasteiger partial charge in [0, 0.05) is 56.5 Å². The maximum atomic E-state index is 12.4. The zero-order chi connectivity index (χ0) is 25.4. The van der Waals surface area contributed by atoms with E-state index >= 15 is 0 Å². The molecule has 1 amide bonds. The van der Waals surface area contributed by atoms with Gasteiger partial charge < -0.3 is 20.2 Å². The van der Waals surface area contributed by atoms with E-state index in [1.165, 1.54) is 23.2 Å². The Kier molecular flexibility index (Phi) is 6.67. The van der Waals surface area contributed by atoms with Gasteiger partial charge in [-0.1, -0.05) is 24.3 Å². The standard InChI is InChI=1S/C30H39N5O2/c1-31-25-13-17-34(21-25)26-8-4-22(5-9-26)23-6-10-27(11-7-23)35-28(12-16-32-35)20-30(37)14-18-33(19-15-30)29(36)24-2-3-24/h4-11,16,24-25,28,31,37H,2-3,12-15,17-21H2,1H3/t25-,28?/m1/s1. The maximum absolute atomic E-state index is 12.4. The number of carbonyl (C=O) groups excluding carboxylic acids is 1. The number of piperidine rings is 1. The molecule has 4 aliphatic rings. The molecule has 0 bridgehead atoms. The monoisotopic (exact) mass is 501 g/mol. The van der Waals surface area contributed by atoms with Crippen LogP contribution in [0.2, 0.25) is 0 Å². The molecule has 0 radical (unpaired) electrons. The van der Waals surface area contributed by atoms with Gasteiger partial charge in [0.05, 0.1) is 17.3 Å². The van der Waals surface area contributed by atoms with Crippen molar-refractivity contribution in [2.24, 2.45) is 11.0 Å². The maximum Gasteiger partial charge on any atom is 0.225 e. The summed E-state index contributed by atoms with van der Waals surface area (Å²) in [5.41, 5.74) is 4.01. The third kappa shape index (κ3) is 5.25. The summed E-state index contributed by atoms with van der Waals surface area (Å²) in [5.74, 6) is 0.545. The summed E-state index contributed by atoms with van der Waals surface area (Å²) in [4.78, 5) is 16.8. The molecule has 1 unspecified atom stereocenters. The van der Waals surface area contributed by atoms with Gasteiger partial charge in [0.25, 0.3) is 0 Å². The van der Waals surface area contributed by atoms with Crippen LogP contribution in [0.3, 0.4) is 0 Å². The van der Waals surface area contributed by atoms with Crippen LogP contribution in [-0.4, -0.2) is 73.0 Å². The highest BCUT2D eigenvalue weighted by molar-refractivity contribution is 5.81. The number of rotatable bonds is 7.